The number of carboxylic acids is 1. The highest BCUT2D eigenvalue weighted by Gasteiger charge is 2.27. The van der Waals surface area contributed by atoms with E-state index in [2.05, 4.69) is 0 Å². The van der Waals surface area contributed by atoms with Gasteiger partial charge in [-0.05, 0) is 12.8 Å². The number of amides is 1. The van der Waals surface area contributed by atoms with Gasteiger partial charge in [0.25, 0.3) is 0 Å². The van der Waals surface area contributed by atoms with E-state index in [-0.39, 0.29) is 0 Å². The van der Waals surface area contributed by atoms with Crippen molar-refractivity contribution < 1.29 is 23.1 Å². The number of carbonyl (C=O) groups excluding carboxylic acids is 1. The average molecular weight is 263 g/mol. The molecule has 1 aliphatic rings. The standard InChI is InChI=1S/C10H17NO5S/c1-8(10(13)14)6-17(15,16)7-9(12)11-4-2-3-5-11/h8H,2-7H2,1H3,(H,13,14). The Labute approximate surface area is 101 Å². The number of aliphatic carboxylic acids is 1. The van der Waals surface area contributed by atoms with Gasteiger partial charge in [0.2, 0.25) is 5.91 Å². The van der Waals surface area contributed by atoms with Crippen LogP contribution >= 0.6 is 0 Å². The van der Waals surface area contributed by atoms with Crippen molar-refractivity contribution >= 4 is 21.7 Å². The van der Waals surface area contributed by atoms with E-state index in [0.717, 1.165) is 12.8 Å². The Hall–Kier alpha value is -1.11. The van der Waals surface area contributed by atoms with Crippen LogP contribution in [0.15, 0.2) is 0 Å². The first kappa shape index (κ1) is 14.0. The Bertz CT molecular complexity index is 397. The molecule has 6 nitrogen and oxygen atoms in total. The van der Waals surface area contributed by atoms with Crippen LogP contribution in [0.4, 0.5) is 0 Å². The second-order valence-corrected chi connectivity index (χ2v) is 6.49. The van der Waals surface area contributed by atoms with Gasteiger partial charge in [-0.25, -0.2) is 8.42 Å². The molecule has 1 fully saturated rings. The minimum absolute atomic E-state index is 0.417. The fourth-order valence-corrected chi connectivity index (χ4v) is 3.34. The molecule has 1 saturated heterocycles. The molecule has 0 aromatic carbocycles. The molecule has 1 rings (SSSR count). The van der Waals surface area contributed by atoms with E-state index in [1.54, 1.807) is 0 Å². The van der Waals surface area contributed by atoms with Gasteiger partial charge in [-0.2, -0.15) is 0 Å². The quantitative estimate of drug-likeness (QED) is 0.738. The highest BCUT2D eigenvalue weighted by molar-refractivity contribution is 7.92. The van der Waals surface area contributed by atoms with Gasteiger partial charge in [-0.3, -0.25) is 9.59 Å². The molecule has 1 heterocycles. The Morgan fingerprint density at radius 2 is 1.82 bits per heavy atom. The van der Waals surface area contributed by atoms with Crippen molar-refractivity contribution in [2.24, 2.45) is 5.92 Å². The first-order valence-corrected chi connectivity index (χ1v) is 7.35. The number of nitrogens with zero attached hydrogens (tertiary/aromatic N) is 1. The summed E-state index contributed by atoms with van der Waals surface area (Å²) in [5, 5.41) is 8.63. The highest BCUT2D eigenvalue weighted by Crippen LogP contribution is 2.10. The van der Waals surface area contributed by atoms with Gasteiger partial charge in [0, 0.05) is 13.1 Å². The molecule has 1 amide bonds. The van der Waals surface area contributed by atoms with Crippen LogP contribution in [0.3, 0.4) is 0 Å². The number of likely N-dealkylation sites (tertiary alicyclic amines) is 1. The van der Waals surface area contributed by atoms with Crippen LogP contribution in [-0.2, 0) is 19.4 Å². The lowest BCUT2D eigenvalue weighted by Crippen LogP contribution is -2.35. The predicted molar refractivity (Wildman–Crippen MR) is 61.3 cm³/mol. The molecule has 98 valence electrons. The molecule has 1 aliphatic heterocycles. The Morgan fingerprint density at radius 1 is 1.29 bits per heavy atom. The Kier molecular flexibility index (Phi) is 4.50. The van der Waals surface area contributed by atoms with Crippen molar-refractivity contribution in [3.8, 4) is 0 Å². The summed E-state index contributed by atoms with van der Waals surface area (Å²) in [4.78, 5) is 23.7. The minimum atomic E-state index is -3.63. The average Bonchev–Trinajstić information content (AvgIpc) is 2.68. The summed E-state index contributed by atoms with van der Waals surface area (Å²) in [6.07, 6.45) is 1.80. The van der Waals surface area contributed by atoms with Crippen LogP contribution in [0, 0.1) is 5.92 Å². The zero-order valence-electron chi connectivity index (χ0n) is 9.76. The lowest BCUT2D eigenvalue weighted by Gasteiger charge is -2.15. The zero-order valence-corrected chi connectivity index (χ0v) is 10.6. The van der Waals surface area contributed by atoms with Crippen LogP contribution in [0.1, 0.15) is 19.8 Å². The summed E-state index contributed by atoms with van der Waals surface area (Å²) in [7, 11) is -3.63. The number of hydrogen-bond acceptors (Lipinski definition) is 4. The molecule has 0 aromatic rings. The van der Waals surface area contributed by atoms with Crippen molar-refractivity contribution in [2.45, 2.75) is 19.8 Å². The van der Waals surface area contributed by atoms with Crippen LogP contribution in [0.2, 0.25) is 0 Å². The van der Waals surface area contributed by atoms with E-state index < -0.39 is 39.1 Å². The first-order valence-electron chi connectivity index (χ1n) is 5.53. The van der Waals surface area contributed by atoms with Gasteiger partial charge < -0.3 is 10.0 Å². The van der Waals surface area contributed by atoms with Crippen LogP contribution < -0.4 is 0 Å². The smallest absolute Gasteiger partial charge is 0.307 e. The summed E-state index contributed by atoms with van der Waals surface area (Å²) < 4.78 is 23.2. The SMILES string of the molecule is CC(CS(=O)(=O)CC(=O)N1CCCC1)C(=O)O. The second-order valence-electron chi connectivity index (χ2n) is 4.38. The van der Waals surface area contributed by atoms with Gasteiger partial charge in [0.15, 0.2) is 9.84 Å². The second kappa shape index (κ2) is 5.48. The molecule has 0 radical (unpaired) electrons. The highest BCUT2D eigenvalue weighted by atomic mass is 32.2. The van der Waals surface area contributed by atoms with Gasteiger partial charge >= 0.3 is 5.97 Å². The molecule has 1 unspecified atom stereocenters. The summed E-state index contributed by atoms with van der Waals surface area (Å²) >= 11 is 0. The molecule has 17 heavy (non-hydrogen) atoms. The topological polar surface area (TPSA) is 91.8 Å². The number of sulfone groups is 1. The molecule has 0 spiro atoms. The molecule has 0 aliphatic carbocycles. The van der Waals surface area contributed by atoms with Crippen molar-refractivity contribution in [3.63, 3.8) is 0 Å². The monoisotopic (exact) mass is 263 g/mol. The molecule has 1 N–H and O–H groups in total. The molecular weight excluding hydrogens is 246 g/mol. The van der Waals surface area contributed by atoms with Crippen molar-refractivity contribution in [1.29, 1.82) is 0 Å². The summed E-state index contributed by atoms with van der Waals surface area (Å²) in [5.41, 5.74) is 0. The molecule has 0 bridgehead atoms. The lowest BCUT2D eigenvalue weighted by atomic mass is 10.2. The maximum atomic E-state index is 11.6. The Morgan fingerprint density at radius 3 is 2.29 bits per heavy atom. The van der Waals surface area contributed by atoms with Crippen LogP contribution in [-0.4, -0.2) is 54.9 Å². The van der Waals surface area contributed by atoms with Gasteiger partial charge in [0.05, 0.1) is 11.7 Å². The number of carbonyl (C=O) groups is 2. The lowest BCUT2D eigenvalue weighted by molar-refractivity contribution is -0.140. The third-order valence-electron chi connectivity index (χ3n) is 2.73. The fraction of sp³-hybridized carbons (Fsp3) is 0.800. The van der Waals surface area contributed by atoms with Gasteiger partial charge in [-0.1, -0.05) is 6.92 Å². The van der Waals surface area contributed by atoms with Crippen LogP contribution in [0.5, 0.6) is 0 Å². The summed E-state index contributed by atoms with van der Waals surface area (Å²) in [6, 6.07) is 0. The number of rotatable bonds is 5. The maximum absolute atomic E-state index is 11.6. The van der Waals surface area contributed by atoms with Crippen molar-refractivity contribution in [3.05, 3.63) is 0 Å². The van der Waals surface area contributed by atoms with Crippen molar-refractivity contribution in [1.82, 2.24) is 4.90 Å². The number of hydrogen-bond donors (Lipinski definition) is 1. The molecule has 7 heteroatoms. The van der Waals surface area contributed by atoms with E-state index in [1.807, 2.05) is 0 Å². The third-order valence-corrected chi connectivity index (χ3v) is 4.42. The van der Waals surface area contributed by atoms with Crippen LogP contribution in [0.25, 0.3) is 0 Å². The predicted octanol–water partition coefficient (Wildman–Crippen LogP) is -0.256. The van der Waals surface area contributed by atoms with E-state index in [4.69, 9.17) is 5.11 Å². The van der Waals surface area contributed by atoms with Gasteiger partial charge in [0.1, 0.15) is 5.75 Å². The third kappa shape index (κ3) is 4.33. The fourth-order valence-electron chi connectivity index (χ4n) is 1.76. The summed E-state index contributed by atoms with van der Waals surface area (Å²) in [5.74, 6) is -3.62. The minimum Gasteiger partial charge on any atom is -0.481 e. The normalized spacial score (nSPS) is 18.1. The van der Waals surface area contributed by atoms with Crippen molar-refractivity contribution in [2.75, 3.05) is 24.6 Å². The molecule has 0 saturated carbocycles. The van der Waals surface area contributed by atoms with E-state index in [9.17, 15) is 18.0 Å². The van der Waals surface area contributed by atoms with Gasteiger partial charge in [-0.15, -0.1) is 0 Å². The molecule has 0 aromatic heterocycles. The first-order chi connectivity index (χ1) is 7.82. The molecule has 1 atom stereocenters. The number of carboxylic acid groups (broad SMARTS) is 1. The maximum Gasteiger partial charge on any atom is 0.307 e. The van der Waals surface area contributed by atoms with E-state index in [1.165, 1.54) is 11.8 Å². The molecular formula is C10H17NO5S. The summed E-state index contributed by atoms with van der Waals surface area (Å²) in [6.45, 7) is 2.52. The van der Waals surface area contributed by atoms with E-state index >= 15 is 0 Å². The zero-order chi connectivity index (χ0) is 13.1. The van der Waals surface area contributed by atoms with E-state index in [0.29, 0.717) is 13.1 Å². The Balaban J connectivity index is 2.54. The largest absolute Gasteiger partial charge is 0.481 e.